The average Bonchev–Trinajstić information content (AvgIpc) is 1.64. The van der Waals surface area contributed by atoms with Gasteiger partial charge in [0, 0.05) is 0 Å². The summed E-state index contributed by atoms with van der Waals surface area (Å²) >= 11 is 3.39. The van der Waals surface area contributed by atoms with Crippen LogP contribution in [0.3, 0.4) is 0 Å². The summed E-state index contributed by atoms with van der Waals surface area (Å²) < 4.78 is 0. The predicted octanol–water partition coefficient (Wildman–Crippen LogP) is 0.554. The summed E-state index contributed by atoms with van der Waals surface area (Å²) in [5, 5.41) is 7.70. The van der Waals surface area contributed by atoms with E-state index in [1.807, 2.05) is 0 Å². The van der Waals surface area contributed by atoms with Gasteiger partial charge in [0.25, 0.3) is 0 Å². The van der Waals surface area contributed by atoms with Crippen molar-refractivity contribution < 1.29 is 14.7 Å². The number of carboxylic acid groups (broad SMARTS) is 1. The highest BCUT2D eigenvalue weighted by molar-refractivity contribution is 7.96. The quantitative estimate of drug-likeness (QED) is 0.454. The van der Waals surface area contributed by atoms with E-state index in [1.54, 1.807) is 6.92 Å². The molecule has 0 fully saturated rings. The fourth-order valence-electron chi connectivity index (χ4n) is 0.455. The van der Waals surface area contributed by atoms with Gasteiger partial charge in [-0.3, -0.25) is 9.59 Å². The van der Waals surface area contributed by atoms with E-state index in [2.05, 4.69) is 12.6 Å². The van der Waals surface area contributed by atoms with Crippen molar-refractivity contribution in [1.82, 2.24) is 0 Å². The molecule has 1 atom stereocenters. The van der Waals surface area contributed by atoms with Crippen molar-refractivity contribution in [3.8, 4) is 0 Å². The van der Waals surface area contributed by atoms with Gasteiger partial charge in [0.2, 0.25) is 0 Å². The van der Waals surface area contributed by atoms with E-state index >= 15 is 0 Å². The SMILES string of the molecule is CCC(C(=O)O)C(=O)S. The summed E-state index contributed by atoms with van der Waals surface area (Å²) in [5.41, 5.74) is 0. The van der Waals surface area contributed by atoms with Gasteiger partial charge < -0.3 is 5.11 Å². The van der Waals surface area contributed by atoms with Crippen LogP contribution in [0.1, 0.15) is 13.3 Å². The number of carbonyl (C=O) groups is 2. The van der Waals surface area contributed by atoms with Gasteiger partial charge in [-0.25, -0.2) is 0 Å². The normalized spacial score (nSPS) is 12.7. The van der Waals surface area contributed by atoms with E-state index in [-0.39, 0.29) is 0 Å². The Hall–Kier alpha value is -0.510. The van der Waals surface area contributed by atoms with Gasteiger partial charge in [-0.05, 0) is 6.42 Å². The highest BCUT2D eigenvalue weighted by Gasteiger charge is 2.20. The number of aliphatic carboxylic acids is 1. The van der Waals surface area contributed by atoms with Crippen molar-refractivity contribution in [3.63, 3.8) is 0 Å². The molecule has 4 heteroatoms. The lowest BCUT2D eigenvalue weighted by atomic mass is 10.1. The van der Waals surface area contributed by atoms with E-state index in [1.165, 1.54) is 0 Å². The van der Waals surface area contributed by atoms with Gasteiger partial charge >= 0.3 is 5.97 Å². The first-order valence-corrected chi connectivity index (χ1v) is 3.00. The third-order valence-electron chi connectivity index (χ3n) is 1.00. The Morgan fingerprint density at radius 2 is 2.11 bits per heavy atom. The second kappa shape index (κ2) is 3.50. The highest BCUT2D eigenvalue weighted by Crippen LogP contribution is 2.05. The third kappa shape index (κ3) is 2.51. The molecule has 0 aliphatic rings. The molecule has 0 heterocycles. The van der Waals surface area contributed by atoms with Crippen molar-refractivity contribution in [2.75, 3.05) is 0 Å². The van der Waals surface area contributed by atoms with Crippen LogP contribution in [0.25, 0.3) is 0 Å². The minimum atomic E-state index is -1.10. The largest absolute Gasteiger partial charge is 0.481 e. The zero-order chi connectivity index (χ0) is 7.44. The Labute approximate surface area is 58.5 Å². The molecule has 9 heavy (non-hydrogen) atoms. The van der Waals surface area contributed by atoms with Crippen molar-refractivity contribution in [2.24, 2.45) is 5.92 Å². The smallest absolute Gasteiger partial charge is 0.314 e. The standard InChI is InChI=1S/C5H8O3S/c1-2-3(4(6)7)5(8)9/h3H,2H2,1H3,(H,6,7)(H,8,9). The lowest BCUT2D eigenvalue weighted by molar-refractivity contribution is -0.144. The van der Waals surface area contributed by atoms with Crippen LogP contribution in [-0.4, -0.2) is 16.2 Å². The van der Waals surface area contributed by atoms with Crippen molar-refractivity contribution in [2.45, 2.75) is 13.3 Å². The Balaban J connectivity index is 3.99. The molecule has 0 aliphatic carbocycles. The van der Waals surface area contributed by atoms with Crippen LogP contribution in [-0.2, 0) is 9.59 Å². The van der Waals surface area contributed by atoms with Crippen molar-refractivity contribution in [1.29, 1.82) is 0 Å². The lowest BCUT2D eigenvalue weighted by Crippen LogP contribution is -2.18. The molecule has 0 saturated carbocycles. The summed E-state index contributed by atoms with van der Waals surface area (Å²) in [4.78, 5) is 20.4. The molecule has 0 spiro atoms. The van der Waals surface area contributed by atoms with Crippen LogP contribution in [0.2, 0.25) is 0 Å². The molecule has 0 radical (unpaired) electrons. The number of hydrogen-bond donors (Lipinski definition) is 2. The maximum atomic E-state index is 10.3. The van der Waals surface area contributed by atoms with Gasteiger partial charge in [0.15, 0.2) is 5.12 Å². The maximum Gasteiger partial charge on any atom is 0.314 e. The van der Waals surface area contributed by atoms with Gasteiger partial charge in [-0.15, -0.1) is 12.6 Å². The Morgan fingerprint density at radius 1 is 1.67 bits per heavy atom. The second-order valence-electron chi connectivity index (χ2n) is 1.64. The van der Waals surface area contributed by atoms with Gasteiger partial charge in [-0.1, -0.05) is 6.92 Å². The fraction of sp³-hybridized carbons (Fsp3) is 0.600. The Morgan fingerprint density at radius 3 is 2.11 bits per heavy atom. The van der Waals surface area contributed by atoms with Crippen LogP contribution in [0.4, 0.5) is 0 Å². The minimum absolute atomic E-state index is 0.303. The molecule has 0 aliphatic heterocycles. The topological polar surface area (TPSA) is 54.4 Å². The van der Waals surface area contributed by atoms with Crippen molar-refractivity contribution >= 4 is 23.7 Å². The molecule has 0 aromatic heterocycles. The molecule has 0 rings (SSSR count). The van der Waals surface area contributed by atoms with E-state index in [0.29, 0.717) is 6.42 Å². The number of carboxylic acids is 1. The maximum absolute atomic E-state index is 10.3. The summed E-state index contributed by atoms with van der Waals surface area (Å²) in [7, 11) is 0. The zero-order valence-corrected chi connectivity index (χ0v) is 5.89. The minimum Gasteiger partial charge on any atom is -0.481 e. The first-order chi connectivity index (χ1) is 4.09. The fourth-order valence-corrected chi connectivity index (χ4v) is 0.748. The molecule has 1 unspecified atom stereocenters. The Bertz CT molecular complexity index is 118. The van der Waals surface area contributed by atoms with Crippen LogP contribution < -0.4 is 0 Å². The molecule has 0 aromatic carbocycles. The molecule has 0 saturated heterocycles. The summed E-state index contributed by atoms with van der Waals surface area (Å²) in [5.74, 6) is -2.04. The first-order valence-electron chi connectivity index (χ1n) is 2.55. The second-order valence-corrected chi connectivity index (χ2v) is 2.08. The van der Waals surface area contributed by atoms with Gasteiger partial charge in [0.1, 0.15) is 5.92 Å². The van der Waals surface area contributed by atoms with E-state index in [0.717, 1.165) is 0 Å². The molecule has 0 bridgehead atoms. The first kappa shape index (κ1) is 8.49. The summed E-state index contributed by atoms with van der Waals surface area (Å²) in [6.07, 6.45) is 0.303. The molecular weight excluding hydrogens is 140 g/mol. The van der Waals surface area contributed by atoms with Gasteiger partial charge in [0.05, 0.1) is 0 Å². The van der Waals surface area contributed by atoms with Crippen LogP contribution >= 0.6 is 12.6 Å². The summed E-state index contributed by atoms with van der Waals surface area (Å²) in [6, 6.07) is 0. The average molecular weight is 148 g/mol. The highest BCUT2D eigenvalue weighted by atomic mass is 32.1. The number of rotatable bonds is 3. The monoisotopic (exact) mass is 148 g/mol. The van der Waals surface area contributed by atoms with E-state index in [9.17, 15) is 9.59 Å². The molecular formula is C5H8O3S. The van der Waals surface area contributed by atoms with Crippen LogP contribution in [0.5, 0.6) is 0 Å². The molecule has 52 valence electrons. The Kier molecular flexibility index (Phi) is 3.30. The number of thiol groups is 1. The molecule has 0 aromatic rings. The van der Waals surface area contributed by atoms with Crippen LogP contribution in [0, 0.1) is 5.92 Å². The van der Waals surface area contributed by atoms with Crippen LogP contribution in [0.15, 0.2) is 0 Å². The number of hydrogen-bond acceptors (Lipinski definition) is 2. The zero-order valence-electron chi connectivity index (χ0n) is 5.00. The van der Waals surface area contributed by atoms with Gasteiger partial charge in [-0.2, -0.15) is 0 Å². The lowest BCUT2D eigenvalue weighted by Gasteiger charge is -2.00. The summed E-state index contributed by atoms with van der Waals surface area (Å²) in [6.45, 7) is 1.63. The molecule has 3 nitrogen and oxygen atoms in total. The molecule has 1 N–H and O–H groups in total. The van der Waals surface area contributed by atoms with E-state index < -0.39 is 17.0 Å². The third-order valence-corrected chi connectivity index (χ3v) is 1.32. The molecule has 0 amide bonds. The predicted molar refractivity (Wildman–Crippen MR) is 35.4 cm³/mol. The number of carbonyl (C=O) groups excluding carboxylic acids is 1. The van der Waals surface area contributed by atoms with E-state index in [4.69, 9.17) is 5.11 Å². The van der Waals surface area contributed by atoms with Crippen molar-refractivity contribution in [3.05, 3.63) is 0 Å².